The molecule has 0 heterocycles. The van der Waals surface area contributed by atoms with E-state index < -0.39 is 0 Å². The van der Waals surface area contributed by atoms with Crippen LogP contribution in [0, 0.1) is 0 Å². The summed E-state index contributed by atoms with van der Waals surface area (Å²) in [5.74, 6) is 0. The first-order valence-corrected chi connectivity index (χ1v) is 12.4. The molecular formula is C25H57N5. The maximum atomic E-state index is 3.66. The highest BCUT2D eigenvalue weighted by atomic mass is 15.2. The molecule has 0 aliphatic rings. The van der Waals surface area contributed by atoms with E-state index in [0.29, 0.717) is 18.1 Å². The van der Waals surface area contributed by atoms with Gasteiger partial charge in [-0.1, -0.05) is 0 Å². The molecule has 0 amide bonds. The Kier molecular flexibility index (Phi) is 14.0. The van der Waals surface area contributed by atoms with Gasteiger partial charge in [-0.05, 0) is 83.1 Å². The maximum Gasteiger partial charge on any atom is 0.0128 e. The van der Waals surface area contributed by atoms with Crippen LogP contribution in [0.3, 0.4) is 0 Å². The maximum absolute atomic E-state index is 3.66. The number of nitrogens with one attached hydrogen (secondary N) is 2. The molecule has 182 valence electrons. The first-order valence-electron chi connectivity index (χ1n) is 12.4. The van der Waals surface area contributed by atoms with Crippen LogP contribution < -0.4 is 10.6 Å². The molecule has 0 aromatic rings. The monoisotopic (exact) mass is 427 g/mol. The van der Waals surface area contributed by atoms with Crippen molar-refractivity contribution in [1.82, 2.24) is 25.3 Å². The molecule has 0 bridgehead atoms. The van der Waals surface area contributed by atoms with E-state index in [-0.39, 0.29) is 11.1 Å². The lowest BCUT2D eigenvalue weighted by Gasteiger charge is -2.39. The summed E-state index contributed by atoms with van der Waals surface area (Å²) in [7, 11) is 0. The van der Waals surface area contributed by atoms with Gasteiger partial charge >= 0.3 is 0 Å². The summed E-state index contributed by atoms with van der Waals surface area (Å²) in [6, 6.07) is 1.74. The number of hydrogen-bond acceptors (Lipinski definition) is 5. The SMILES string of the molecule is CC(C)N(CCNCCN(C(C)C)C(C)(C)C)CCNCCN(C(C)C)C(C)(C)C. The van der Waals surface area contributed by atoms with E-state index in [1.54, 1.807) is 0 Å². The summed E-state index contributed by atoms with van der Waals surface area (Å²) in [6.45, 7) is 36.3. The van der Waals surface area contributed by atoms with Crippen molar-refractivity contribution in [2.75, 3.05) is 52.4 Å². The van der Waals surface area contributed by atoms with Crippen LogP contribution in [0.2, 0.25) is 0 Å². The predicted octanol–water partition coefficient (Wildman–Crippen LogP) is 3.89. The van der Waals surface area contributed by atoms with Gasteiger partial charge in [0, 0.05) is 81.6 Å². The number of hydrogen-bond donors (Lipinski definition) is 2. The molecule has 0 atom stereocenters. The van der Waals surface area contributed by atoms with Gasteiger partial charge in [0.1, 0.15) is 0 Å². The van der Waals surface area contributed by atoms with E-state index in [9.17, 15) is 0 Å². The number of rotatable bonds is 15. The third kappa shape index (κ3) is 12.6. The standard InChI is InChI=1S/C25H57N5/c1-21(2)28(17-13-26-15-19-29(22(3)4)24(7,8)9)18-14-27-16-20-30(23(5)6)25(10,11)12/h21-23,26-27H,13-20H2,1-12H3. The van der Waals surface area contributed by atoms with Crippen molar-refractivity contribution in [3.63, 3.8) is 0 Å². The summed E-state index contributed by atoms with van der Waals surface area (Å²) in [5.41, 5.74) is 0.452. The second-order valence-electron chi connectivity index (χ2n) is 11.5. The second-order valence-corrected chi connectivity index (χ2v) is 11.5. The largest absolute Gasteiger partial charge is 0.314 e. The van der Waals surface area contributed by atoms with Crippen molar-refractivity contribution in [1.29, 1.82) is 0 Å². The lowest BCUT2D eigenvalue weighted by molar-refractivity contribution is 0.0991. The minimum atomic E-state index is 0.226. The average Bonchev–Trinajstić information content (AvgIpc) is 2.55. The fourth-order valence-corrected chi connectivity index (χ4v) is 4.46. The minimum absolute atomic E-state index is 0.226. The molecule has 0 fully saturated rings. The third-order valence-electron chi connectivity index (χ3n) is 5.91. The van der Waals surface area contributed by atoms with Crippen molar-refractivity contribution >= 4 is 0 Å². The van der Waals surface area contributed by atoms with Gasteiger partial charge in [-0.2, -0.15) is 0 Å². The fourth-order valence-electron chi connectivity index (χ4n) is 4.46. The van der Waals surface area contributed by atoms with Gasteiger partial charge in [0.2, 0.25) is 0 Å². The fraction of sp³-hybridized carbons (Fsp3) is 1.00. The smallest absolute Gasteiger partial charge is 0.0128 e. The molecule has 30 heavy (non-hydrogen) atoms. The third-order valence-corrected chi connectivity index (χ3v) is 5.91. The van der Waals surface area contributed by atoms with E-state index in [1.807, 2.05) is 0 Å². The van der Waals surface area contributed by atoms with Gasteiger partial charge in [0.15, 0.2) is 0 Å². The highest BCUT2D eigenvalue weighted by molar-refractivity contribution is 4.80. The summed E-state index contributed by atoms with van der Waals surface area (Å²) < 4.78 is 0. The van der Waals surface area contributed by atoms with Crippen molar-refractivity contribution < 1.29 is 0 Å². The molecule has 0 aromatic heterocycles. The molecule has 0 aliphatic carbocycles. The Morgan fingerprint density at radius 1 is 0.500 bits per heavy atom. The van der Waals surface area contributed by atoms with E-state index in [1.165, 1.54) is 0 Å². The lowest BCUT2D eigenvalue weighted by Crippen LogP contribution is -2.49. The summed E-state index contributed by atoms with van der Waals surface area (Å²) in [6.07, 6.45) is 0. The van der Waals surface area contributed by atoms with E-state index in [0.717, 1.165) is 52.4 Å². The van der Waals surface area contributed by atoms with Crippen molar-refractivity contribution in [3.8, 4) is 0 Å². The zero-order valence-corrected chi connectivity index (χ0v) is 22.7. The Hall–Kier alpha value is -0.200. The van der Waals surface area contributed by atoms with Crippen LogP contribution in [0.4, 0.5) is 0 Å². The molecule has 0 aliphatic heterocycles. The zero-order valence-electron chi connectivity index (χ0n) is 22.7. The minimum Gasteiger partial charge on any atom is -0.314 e. The van der Waals surface area contributed by atoms with Gasteiger partial charge in [0.05, 0.1) is 0 Å². The quantitative estimate of drug-likeness (QED) is 0.388. The Bertz CT molecular complexity index is 384. The van der Waals surface area contributed by atoms with Crippen LogP contribution in [0.1, 0.15) is 83.1 Å². The van der Waals surface area contributed by atoms with Gasteiger partial charge < -0.3 is 10.6 Å². The summed E-state index contributed by atoms with van der Waals surface area (Å²) in [4.78, 5) is 7.72. The van der Waals surface area contributed by atoms with Crippen LogP contribution in [0.5, 0.6) is 0 Å². The Balaban J connectivity index is 4.18. The van der Waals surface area contributed by atoms with E-state index >= 15 is 0 Å². The van der Waals surface area contributed by atoms with Crippen LogP contribution in [0.25, 0.3) is 0 Å². The first kappa shape index (κ1) is 29.8. The van der Waals surface area contributed by atoms with Gasteiger partial charge in [-0.15, -0.1) is 0 Å². The highest BCUT2D eigenvalue weighted by Gasteiger charge is 2.24. The van der Waals surface area contributed by atoms with Crippen molar-refractivity contribution in [2.24, 2.45) is 0 Å². The molecule has 0 saturated heterocycles. The summed E-state index contributed by atoms with van der Waals surface area (Å²) >= 11 is 0. The van der Waals surface area contributed by atoms with E-state index in [2.05, 4.69) is 108 Å². The summed E-state index contributed by atoms with van der Waals surface area (Å²) in [5, 5.41) is 7.33. The molecule has 0 spiro atoms. The van der Waals surface area contributed by atoms with Crippen molar-refractivity contribution in [2.45, 2.75) is 112 Å². The molecule has 0 saturated carbocycles. The first-order chi connectivity index (χ1) is 13.7. The van der Waals surface area contributed by atoms with Crippen LogP contribution in [-0.2, 0) is 0 Å². The zero-order chi connectivity index (χ0) is 23.5. The van der Waals surface area contributed by atoms with Gasteiger partial charge in [0.25, 0.3) is 0 Å². The van der Waals surface area contributed by atoms with Crippen LogP contribution in [0.15, 0.2) is 0 Å². The Labute approximate surface area is 190 Å². The van der Waals surface area contributed by atoms with Crippen LogP contribution in [-0.4, -0.2) is 96.3 Å². The lowest BCUT2D eigenvalue weighted by atomic mass is 10.0. The number of nitrogens with zero attached hydrogens (tertiary/aromatic N) is 3. The molecule has 0 rings (SSSR count). The average molecular weight is 428 g/mol. The highest BCUT2D eigenvalue weighted by Crippen LogP contribution is 2.16. The van der Waals surface area contributed by atoms with Gasteiger partial charge in [-0.3, -0.25) is 14.7 Å². The molecule has 0 unspecified atom stereocenters. The molecule has 5 heteroatoms. The Morgan fingerprint density at radius 3 is 1.03 bits per heavy atom. The Morgan fingerprint density at radius 2 is 0.800 bits per heavy atom. The molecular weight excluding hydrogens is 370 g/mol. The second kappa shape index (κ2) is 14.1. The molecule has 0 aromatic carbocycles. The van der Waals surface area contributed by atoms with Crippen LogP contribution >= 0.6 is 0 Å². The predicted molar refractivity (Wildman–Crippen MR) is 136 cm³/mol. The van der Waals surface area contributed by atoms with E-state index in [4.69, 9.17) is 0 Å². The molecule has 5 nitrogen and oxygen atoms in total. The normalized spacial score (nSPS) is 13.8. The molecule has 0 radical (unpaired) electrons. The topological polar surface area (TPSA) is 33.8 Å². The van der Waals surface area contributed by atoms with Crippen molar-refractivity contribution in [3.05, 3.63) is 0 Å². The van der Waals surface area contributed by atoms with Gasteiger partial charge in [-0.25, -0.2) is 0 Å². The molecule has 2 N–H and O–H groups in total.